The highest BCUT2D eigenvalue weighted by atomic mass is 16.5. The molecule has 0 atom stereocenters. The molecular weight excluding hydrogens is 200 g/mol. The number of hydrogen-bond acceptors (Lipinski definition) is 5. The lowest BCUT2D eigenvalue weighted by Crippen LogP contribution is -2.38. The first kappa shape index (κ1) is 11.6. The van der Waals surface area contributed by atoms with Crippen LogP contribution in [0.15, 0.2) is 0 Å². The molecule has 0 fully saturated rings. The van der Waals surface area contributed by atoms with Crippen LogP contribution in [0.1, 0.15) is 19.7 Å². The minimum atomic E-state index is -1.15. The molecule has 0 bridgehead atoms. The quantitative estimate of drug-likeness (QED) is 0.722. The first-order chi connectivity index (χ1) is 7.00. The first-order valence-electron chi connectivity index (χ1n) is 4.50. The molecular formula is C8H14N4O3. The van der Waals surface area contributed by atoms with Crippen LogP contribution in [-0.4, -0.2) is 45.0 Å². The van der Waals surface area contributed by atoms with Gasteiger partial charge < -0.3 is 9.84 Å². The van der Waals surface area contributed by atoms with E-state index in [1.807, 2.05) is 0 Å². The van der Waals surface area contributed by atoms with Gasteiger partial charge in [0.2, 0.25) is 0 Å². The highest BCUT2D eigenvalue weighted by Crippen LogP contribution is 2.15. The molecule has 0 saturated carbocycles. The summed E-state index contributed by atoms with van der Waals surface area (Å²) in [6, 6.07) is 0. The molecule has 0 aromatic carbocycles. The fraction of sp³-hybridized carbons (Fsp3) is 0.750. The smallest absolute Gasteiger partial charge is 0.331 e. The second-order valence-corrected chi connectivity index (χ2v) is 3.61. The molecule has 0 aliphatic carbocycles. The number of aliphatic carboxylic acids is 1. The van der Waals surface area contributed by atoms with Crippen molar-refractivity contribution in [1.29, 1.82) is 0 Å². The van der Waals surface area contributed by atoms with Gasteiger partial charge in [-0.3, -0.25) is 0 Å². The van der Waals surface area contributed by atoms with Crippen LogP contribution in [0, 0.1) is 0 Å². The van der Waals surface area contributed by atoms with Crippen LogP contribution in [0.3, 0.4) is 0 Å². The minimum Gasteiger partial charge on any atom is -0.479 e. The number of carboxylic acids is 1. The molecule has 7 heteroatoms. The Morgan fingerprint density at radius 3 is 2.80 bits per heavy atom. The van der Waals surface area contributed by atoms with E-state index in [4.69, 9.17) is 9.84 Å². The molecule has 1 rings (SSSR count). The molecule has 0 saturated heterocycles. The third-order valence-corrected chi connectivity index (χ3v) is 2.12. The van der Waals surface area contributed by atoms with E-state index in [9.17, 15) is 4.79 Å². The van der Waals surface area contributed by atoms with Gasteiger partial charge in [0.25, 0.3) is 0 Å². The van der Waals surface area contributed by atoms with Gasteiger partial charge in [0, 0.05) is 13.5 Å². The van der Waals surface area contributed by atoms with Crippen LogP contribution in [0.25, 0.3) is 0 Å². The Morgan fingerprint density at radius 2 is 2.27 bits per heavy atom. The van der Waals surface area contributed by atoms with Crippen LogP contribution in [0.2, 0.25) is 0 Å². The van der Waals surface area contributed by atoms with E-state index in [-0.39, 0.29) is 0 Å². The average Bonchev–Trinajstić information content (AvgIpc) is 2.62. The van der Waals surface area contributed by atoms with E-state index < -0.39 is 11.5 Å². The van der Waals surface area contributed by atoms with Gasteiger partial charge in [-0.25, -0.2) is 9.48 Å². The van der Waals surface area contributed by atoms with Gasteiger partial charge in [0.05, 0.1) is 6.61 Å². The van der Waals surface area contributed by atoms with E-state index in [0.29, 0.717) is 18.9 Å². The minimum absolute atomic E-state index is 0.454. The van der Waals surface area contributed by atoms with Gasteiger partial charge in [-0.05, 0) is 24.3 Å². The number of nitrogens with zero attached hydrogens (tertiary/aromatic N) is 4. The van der Waals surface area contributed by atoms with Gasteiger partial charge in [-0.1, -0.05) is 0 Å². The highest BCUT2D eigenvalue weighted by Gasteiger charge is 2.33. The predicted molar refractivity (Wildman–Crippen MR) is 50.4 cm³/mol. The number of carbonyl (C=O) groups is 1. The number of rotatable bonds is 5. The van der Waals surface area contributed by atoms with Crippen molar-refractivity contribution in [3.8, 4) is 0 Å². The van der Waals surface area contributed by atoms with Crippen LogP contribution in [0.5, 0.6) is 0 Å². The largest absolute Gasteiger partial charge is 0.479 e. The van der Waals surface area contributed by atoms with Crippen molar-refractivity contribution in [2.45, 2.75) is 25.8 Å². The van der Waals surface area contributed by atoms with E-state index in [0.717, 1.165) is 0 Å². The fourth-order valence-electron chi connectivity index (χ4n) is 1.08. The molecule has 15 heavy (non-hydrogen) atoms. The maximum Gasteiger partial charge on any atom is 0.331 e. The standard InChI is InChI=1S/C8H14N4O3/c1-8(2,7(13)14)12-6(4-5-15-3)9-10-11-12/h4-5H2,1-3H3,(H,13,14). The van der Waals surface area contributed by atoms with Gasteiger partial charge in [0.1, 0.15) is 0 Å². The number of carboxylic acid groups (broad SMARTS) is 1. The van der Waals surface area contributed by atoms with Crippen molar-refractivity contribution < 1.29 is 14.6 Å². The highest BCUT2D eigenvalue weighted by molar-refractivity contribution is 5.75. The van der Waals surface area contributed by atoms with Crippen molar-refractivity contribution in [2.75, 3.05) is 13.7 Å². The Balaban J connectivity index is 2.94. The molecule has 0 radical (unpaired) electrons. The van der Waals surface area contributed by atoms with Crippen LogP contribution in [-0.2, 0) is 21.5 Å². The summed E-state index contributed by atoms with van der Waals surface area (Å²) in [5, 5.41) is 19.9. The van der Waals surface area contributed by atoms with Crippen LogP contribution >= 0.6 is 0 Å². The Morgan fingerprint density at radius 1 is 1.60 bits per heavy atom. The molecule has 84 valence electrons. The molecule has 0 spiro atoms. The second-order valence-electron chi connectivity index (χ2n) is 3.61. The number of tetrazole rings is 1. The van der Waals surface area contributed by atoms with Crippen molar-refractivity contribution in [1.82, 2.24) is 20.2 Å². The summed E-state index contributed by atoms with van der Waals surface area (Å²) in [6.45, 7) is 3.54. The summed E-state index contributed by atoms with van der Waals surface area (Å²) < 4.78 is 6.19. The SMILES string of the molecule is COCCc1nnnn1C(C)(C)C(=O)O. The number of ether oxygens (including phenoxy) is 1. The zero-order valence-corrected chi connectivity index (χ0v) is 8.97. The molecule has 1 aromatic rings. The topological polar surface area (TPSA) is 90.1 Å². The van der Waals surface area contributed by atoms with Gasteiger partial charge in [-0.15, -0.1) is 5.10 Å². The zero-order valence-electron chi connectivity index (χ0n) is 8.97. The second kappa shape index (κ2) is 4.35. The Hall–Kier alpha value is -1.50. The fourth-order valence-corrected chi connectivity index (χ4v) is 1.08. The lowest BCUT2D eigenvalue weighted by Gasteiger charge is -2.20. The van der Waals surface area contributed by atoms with Crippen LogP contribution in [0.4, 0.5) is 0 Å². The molecule has 1 N–H and O–H groups in total. The van der Waals surface area contributed by atoms with Gasteiger partial charge >= 0.3 is 5.97 Å². The monoisotopic (exact) mass is 214 g/mol. The molecule has 1 aromatic heterocycles. The van der Waals surface area contributed by atoms with Crippen LogP contribution < -0.4 is 0 Å². The lowest BCUT2D eigenvalue weighted by atomic mass is 10.1. The summed E-state index contributed by atoms with van der Waals surface area (Å²) in [4.78, 5) is 11.0. The van der Waals surface area contributed by atoms with Crippen molar-refractivity contribution >= 4 is 5.97 Å². The number of aromatic nitrogens is 4. The maximum atomic E-state index is 11.0. The Kier molecular flexibility index (Phi) is 3.35. The normalized spacial score (nSPS) is 11.7. The first-order valence-corrected chi connectivity index (χ1v) is 4.50. The molecule has 0 aliphatic heterocycles. The Labute approximate surface area is 87.0 Å². The van der Waals surface area contributed by atoms with Gasteiger partial charge in [-0.2, -0.15) is 0 Å². The number of hydrogen-bond donors (Lipinski definition) is 1. The summed E-state index contributed by atoms with van der Waals surface area (Å²) >= 11 is 0. The molecule has 0 unspecified atom stereocenters. The van der Waals surface area contributed by atoms with Gasteiger partial charge in [0.15, 0.2) is 11.4 Å². The molecule has 1 heterocycles. The maximum absolute atomic E-state index is 11.0. The lowest BCUT2D eigenvalue weighted by molar-refractivity contribution is -0.146. The molecule has 0 aliphatic rings. The third kappa shape index (κ3) is 2.30. The molecule has 0 amide bonds. The predicted octanol–water partition coefficient (Wildman–Crippen LogP) is -0.318. The number of methoxy groups -OCH3 is 1. The summed E-state index contributed by atoms with van der Waals surface area (Å²) in [5.74, 6) is -0.474. The third-order valence-electron chi connectivity index (χ3n) is 2.12. The Bertz CT molecular complexity index is 347. The zero-order chi connectivity index (χ0) is 11.5. The molecule has 7 nitrogen and oxygen atoms in total. The summed E-state index contributed by atoms with van der Waals surface area (Å²) in [5.41, 5.74) is -1.15. The van der Waals surface area contributed by atoms with Crippen molar-refractivity contribution in [3.05, 3.63) is 5.82 Å². The van der Waals surface area contributed by atoms with Crippen molar-refractivity contribution in [2.24, 2.45) is 0 Å². The summed E-state index contributed by atoms with van der Waals surface area (Å²) in [7, 11) is 1.57. The van der Waals surface area contributed by atoms with Crippen molar-refractivity contribution in [3.63, 3.8) is 0 Å². The van der Waals surface area contributed by atoms with E-state index in [1.54, 1.807) is 21.0 Å². The summed E-state index contributed by atoms with van der Waals surface area (Å²) in [6.07, 6.45) is 0.486. The van der Waals surface area contributed by atoms with E-state index >= 15 is 0 Å². The van der Waals surface area contributed by atoms with E-state index in [1.165, 1.54) is 4.68 Å². The average molecular weight is 214 g/mol. The van der Waals surface area contributed by atoms with E-state index in [2.05, 4.69) is 15.5 Å².